The average molecular weight is 184 g/mol. The molecule has 1 unspecified atom stereocenters. The molecule has 1 N–H and O–H groups in total. The molecular weight excluding hydrogens is 164 g/mol. The Bertz CT molecular complexity index is 174. The highest BCUT2D eigenvalue weighted by Crippen LogP contribution is 2.16. The largest absolute Gasteiger partial charge is 0.382 e. The van der Waals surface area contributed by atoms with E-state index in [0.29, 0.717) is 6.61 Å². The predicted octanol–water partition coefficient (Wildman–Crippen LogP) is 1.55. The van der Waals surface area contributed by atoms with Gasteiger partial charge in [-0.1, -0.05) is 20.8 Å². The zero-order chi connectivity index (χ0) is 10.3. The van der Waals surface area contributed by atoms with E-state index in [0.717, 1.165) is 13.0 Å². The Morgan fingerprint density at radius 1 is 1.54 bits per heavy atom. The van der Waals surface area contributed by atoms with Crippen LogP contribution in [0.2, 0.25) is 0 Å². The van der Waals surface area contributed by atoms with Crippen LogP contribution in [0.5, 0.6) is 0 Å². The third-order valence-corrected chi connectivity index (χ3v) is 2.25. The van der Waals surface area contributed by atoms with E-state index in [-0.39, 0.29) is 5.92 Å². The SMILES string of the molecule is CCCNC(C#N)(COC)C(C)C. The molecule has 0 saturated heterocycles. The minimum Gasteiger partial charge on any atom is -0.382 e. The first-order valence-corrected chi connectivity index (χ1v) is 4.78. The predicted molar refractivity (Wildman–Crippen MR) is 53.4 cm³/mol. The Kier molecular flexibility index (Phi) is 5.68. The van der Waals surface area contributed by atoms with Crippen LogP contribution in [0.4, 0.5) is 0 Å². The third-order valence-electron chi connectivity index (χ3n) is 2.25. The van der Waals surface area contributed by atoms with Crippen LogP contribution < -0.4 is 5.32 Å². The van der Waals surface area contributed by atoms with Gasteiger partial charge in [0.15, 0.2) is 0 Å². The molecular formula is C10H20N2O. The van der Waals surface area contributed by atoms with Gasteiger partial charge >= 0.3 is 0 Å². The van der Waals surface area contributed by atoms with E-state index in [1.807, 2.05) is 13.8 Å². The highest BCUT2D eigenvalue weighted by atomic mass is 16.5. The first kappa shape index (κ1) is 12.4. The number of rotatable bonds is 6. The summed E-state index contributed by atoms with van der Waals surface area (Å²) in [5.41, 5.74) is -0.523. The fourth-order valence-electron chi connectivity index (χ4n) is 1.20. The van der Waals surface area contributed by atoms with Crippen LogP contribution in [-0.2, 0) is 4.74 Å². The van der Waals surface area contributed by atoms with E-state index in [1.165, 1.54) is 0 Å². The highest BCUT2D eigenvalue weighted by Gasteiger charge is 2.32. The molecule has 3 heteroatoms. The van der Waals surface area contributed by atoms with Crippen LogP contribution in [0.15, 0.2) is 0 Å². The maximum Gasteiger partial charge on any atom is 0.132 e. The Morgan fingerprint density at radius 2 is 2.15 bits per heavy atom. The molecule has 0 radical (unpaired) electrons. The standard InChI is InChI=1S/C10H20N2O/c1-5-6-12-10(7-11,8-13-4)9(2)3/h9,12H,5-6,8H2,1-4H3. The maximum absolute atomic E-state index is 9.11. The quantitative estimate of drug-likeness (QED) is 0.681. The molecule has 3 nitrogen and oxygen atoms in total. The van der Waals surface area contributed by atoms with Crippen LogP contribution in [-0.4, -0.2) is 25.8 Å². The van der Waals surface area contributed by atoms with Gasteiger partial charge in [0.1, 0.15) is 5.54 Å². The van der Waals surface area contributed by atoms with E-state index in [9.17, 15) is 0 Å². The topological polar surface area (TPSA) is 45.0 Å². The summed E-state index contributed by atoms with van der Waals surface area (Å²) in [6.07, 6.45) is 1.03. The van der Waals surface area contributed by atoms with Crippen molar-refractivity contribution in [2.24, 2.45) is 5.92 Å². The van der Waals surface area contributed by atoms with Crippen LogP contribution >= 0.6 is 0 Å². The second kappa shape index (κ2) is 5.95. The van der Waals surface area contributed by atoms with E-state index >= 15 is 0 Å². The first-order valence-electron chi connectivity index (χ1n) is 4.78. The molecule has 0 aromatic heterocycles. The second-order valence-electron chi connectivity index (χ2n) is 3.60. The summed E-state index contributed by atoms with van der Waals surface area (Å²) in [7, 11) is 1.63. The fraction of sp³-hybridized carbons (Fsp3) is 0.900. The molecule has 13 heavy (non-hydrogen) atoms. The summed E-state index contributed by atoms with van der Waals surface area (Å²) in [6.45, 7) is 7.45. The summed E-state index contributed by atoms with van der Waals surface area (Å²) in [5, 5.41) is 12.4. The van der Waals surface area contributed by atoms with Gasteiger partial charge in [-0.3, -0.25) is 5.32 Å². The van der Waals surface area contributed by atoms with Gasteiger partial charge in [-0.05, 0) is 18.9 Å². The van der Waals surface area contributed by atoms with Crippen LogP contribution in [0.25, 0.3) is 0 Å². The van der Waals surface area contributed by atoms with Gasteiger partial charge in [-0.2, -0.15) is 5.26 Å². The van der Waals surface area contributed by atoms with Crippen molar-refractivity contribution in [2.75, 3.05) is 20.3 Å². The fourth-order valence-corrected chi connectivity index (χ4v) is 1.20. The zero-order valence-corrected chi connectivity index (χ0v) is 9.05. The van der Waals surface area contributed by atoms with Crippen LogP contribution in [0, 0.1) is 17.2 Å². The summed E-state index contributed by atoms with van der Waals surface area (Å²) >= 11 is 0. The number of nitrogens with one attached hydrogen (secondary N) is 1. The van der Waals surface area contributed by atoms with E-state index in [4.69, 9.17) is 10.00 Å². The lowest BCUT2D eigenvalue weighted by molar-refractivity contribution is 0.112. The van der Waals surface area contributed by atoms with Crippen molar-refractivity contribution in [3.63, 3.8) is 0 Å². The lowest BCUT2D eigenvalue weighted by atomic mass is 9.88. The molecule has 1 atom stereocenters. The number of methoxy groups -OCH3 is 1. The van der Waals surface area contributed by atoms with Crippen molar-refractivity contribution in [3.8, 4) is 6.07 Å². The smallest absolute Gasteiger partial charge is 0.132 e. The molecule has 0 amide bonds. The molecule has 0 aliphatic carbocycles. The van der Waals surface area contributed by atoms with E-state index < -0.39 is 5.54 Å². The van der Waals surface area contributed by atoms with Crippen molar-refractivity contribution in [3.05, 3.63) is 0 Å². The van der Waals surface area contributed by atoms with E-state index in [1.54, 1.807) is 7.11 Å². The highest BCUT2D eigenvalue weighted by molar-refractivity contribution is 5.09. The average Bonchev–Trinajstić information content (AvgIpc) is 2.12. The molecule has 0 fully saturated rings. The van der Waals surface area contributed by atoms with Crippen molar-refractivity contribution in [1.82, 2.24) is 5.32 Å². The molecule has 0 heterocycles. The zero-order valence-electron chi connectivity index (χ0n) is 9.05. The van der Waals surface area contributed by atoms with Gasteiger partial charge in [0.25, 0.3) is 0 Å². The maximum atomic E-state index is 9.11. The molecule has 0 aromatic rings. The van der Waals surface area contributed by atoms with Crippen molar-refractivity contribution in [1.29, 1.82) is 5.26 Å². The Morgan fingerprint density at radius 3 is 2.46 bits per heavy atom. The molecule has 0 bridgehead atoms. The van der Waals surface area contributed by atoms with Gasteiger partial charge < -0.3 is 4.74 Å². The summed E-state index contributed by atoms with van der Waals surface area (Å²) < 4.78 is 5.07. The third kappa shape index (κ3) is 3.33. The molecule has 0 rings (SSSR count). The first-order chi connectivity index (χ1) is 6.13. The van der Waals surface area contributed by atoms with E-state index in [2.05, 4.69) is 18.3 Å². The molecule has 0 saturated carbocycles. The minimum absolute atomic E-state index is 0.254. The Balaban J connectivity index is 4.38. The number of nitriles is 1. The number of nitrogens with zero attached hydrogens (tertiary/aromatic N) is 1. The molecule has 0 aliphatic rings. The Labute approximate surface area is 81.1 Å². The van der Waals surface area contributed by atoms with Crippen LogP contribution in [0.3, 0.4) is 0 Å². The van der Waals surface area contributed by atoms with Gasteiger partial charge in [0.05, 0.1) is 12.7 Å². The molecule has 0 aromatic carbocycles. The number of hydrogen-bond acceptors (Lipinski definition) is 3. The van der Waals surface area contributed by atoms with Gasteiger partial charge in [0, 0.05) is 7.11 Å². The van der Waals surface area contributed by atoms with Crippen LogP contribution in [0.1, 0.15) is 27.2 Å². The summed E-state index contributed by atoms with van der Waals surface area (Å²) in [4.78, 5) is 0. The molecule has 76 valence electrons. The molecule has 0 spiro atoms. The van der Waals surface area contributed by atoms with Gasteiger partial charge in [0.2, 0.25) is 0 Å². The normalized spacial score (nSPS) is 15.4. The van der Waals surface area contributed by atoms with Crippen molar-refractivity contribution in [2.45, 2.75) is 32.7 Å². The lowest BCUT2D eigenvalue weighted by Gasteiger charge is -2.30. The minimum atomic E-state index is -0.523. The number of ether oxygens (including phenoxy) is 1. The number of hydrogen-bond donors (Lipinski definition) is 1. The second-order valence-corrected chi connectivity index (χ2v) is 3.60. The summed E-state index contributed by atoms with van der Waals surface area (Å²) in [5.74, 6) is 0.254. The van der Waals surface area contributed by atoms with Crippen molar-refractivity contribution < 1.29 is 4.74 Å². The lowest BCUT2D eigenvalue weighted by Crippen LogP contribution is -2.52. The Hall–Kier alpha value is -0.590. The van der Waals surface area contributed by atoms with Gasteiger partial charge in [-0.25, -0.2) is 0 Å². The van der Waals surface area contributed by atoms with Crippen molar-refractivity contribution >= 4 is 0 Å². The monoisotopic (exact) mass is 184 g/mol. The summed E-state index contributed by atoms with van der Waals surface area (Å²) in [6, 6.07) is 2.31. The molecule has 0 aliphatic heterocycles. The van der Waals surface area contributed by atoms with Gasteiger partial charge in [-0.15, -0.1) is 0 Å².